The highest BCUT2D eigenvalue weighted by molar-refractivity contribution is 8.00. The number of thioether (sulfide) groups is 1. The van der Waals surface area contributed by atoms with Crippen molar-refractivity contribution in [2.75, 3.05) is 12.4 Å². The molecule has 1 unspecified atom stereocenters. The summed E-state index contributed by atoms with van der Waals surface area (Å²) in [4.78, 5) is 0. The monoisotopic (exact) mass is 482 g/mol. The third kappa shape index (κ3) is 4.56. The number of fused-ring (bicyclic) bond motifs is 2. The first kappa shape index (κ1) is 23.2. The maximum atomic E-state index is 6.65. The van der Waals surface area contributed by atoms with E-state index in [4.69, 9.17) is 14.6 Å². The van der Waals surface area contributed by atoms with E-state index in [-0.39, 0.29) is 9.79 Å². The Labute approximate surface area is 203 Å². The summed E-state index contributed by atoms with van der Waals surface area (Å²) in [5.74, 6) is 4.01. The summed E-state index contributed by atoms with van der Waals surface area (Å²) in [5.41, 5.74) is 2.51. The highest BCUT2D eigenvalue weighted by Gasteiger charge is 2.40. The molecule has 5 nitrogen and oxygen atoms in total. The van der Waals surface area contributed by atoms with Gasteiger partial charge in [-0.1, -0.05) is 32.9 Å². The molecule has 2 aromatic heterocycles. The van der Waals surface area contributed by atoms with E-state index in [9.17, 15) is 0 Å². The van der Waals surface area contributed by atoms with E-state index in [1.54, 1.807) is 0 Å². The average molecular weight is 483 g/mol. The zero-order chi connectivity index (χ0) is 23.4. The van der Waals surface area contributed by atoms with Crippen LogP contribution in [0, 0.1) is 5.92 Å². The zero-order valence-corrected chi connectivity index (χ0v) is 22.8. The van der Waals surface area contributed by atoms with Crippen LogP contribution >= 0.6 is 11.8 Å². The van der Waals surface area contributed by atoms with Crippen LogP contribution < -0.4 is 0 Å². The minimum Gasteiger partial charge on any atom is -0.415 e. The van der Waals surface area contributed by atoms with Crippen LogP contribution in [0.2, 0.25) is 18.1 Å². The van der Waals surface area contributed by atoms with Crippen molar-refractivity contribution >= 4 is 31.0 Å². The van der Waals surface area contributed by atoms with Gasteiger partial charge in [-0.25, -0.2) is 0 Å². The smallest absolute Gasteiger partial charge is 0.192 e. The molecular weight excluding hydrogens is 444 g/mol. The van der Waals surface area contributed by atoms with Gasteiger partial charge in [-0.05, 0) is 55.9 Å². The summed E-state index contributed by atoms with van der Waals surface area (Å²) in [5, 5.41) is 10.9. The van der Waals surface area contributed by atoms with Gasteiger partial charge in [0.2, 0.25) is 0 Å². The summed E-state index contributed by atoms with van der Waals surface area (Å²) >= 11 is 2.03. The molecule has 0 N–H and O–H groups in total. The van der Waals surface area contributed by atoms with Gasteiger partial charge in [0, 0.05) is 59.3 Å². The highest BCUT2D eigenvalue weighted by atomic mass is 32.2. The maximum absolute atomic E-state index is 6.65. The van der Waals surface area contributed by atoms with Gasteiger partial charge in [0.25, 0.3) is 0 Å². The third-order valence-electron chi connectivity index (χ3n) is 7.88. The van der Waals surface area contributed by atoms with E-state index in [1.807, 2.05) is 11.8 Å². The lowest BCUT2D eigenvalue weighted by molar-refractivity contribution is 0.252. The van der Waals surface area contributed by atoms with Crippen molar-refractivity contribution in [3.05, 3.63) is 36.3 Å². The van der Waals surface area contributed by atoms with Gasteiger partial charge < -0.3 is 13.6 Å². The second kappa shape index (κ2) is 8.28. The molecule has 1 aromatic carbocycles. The molecule has 1 atom stereocenters. The maximum Gasteiger partial charge on any atom is 0.192 e. The standard InChI is InChI=1S/C26H38N4OSSi/c1-25(2,3)33(5,6)31-18-26(4)16-23-27-28-24(30(23)14-15-32-26)21-8-7-9-22-20(21)12-13-29(22)17-19-10-11-19/h7-9,12-13,19H,10-11,14-18H2,1-6H3. The molecule has 0 amide bonds. The lowest BCUT2D eigenvalue weighted by atomic mass is 10.1. The summed E-state index contributed by atoms with van der Waals surface area (Å²) < 4.78 is 11.5. The van der Waals surface area contributed by atoms with E-state index in [0.29, 0.717) is 0 Å². The van der Waals surface area contributed by atoms with Crippen LogP contribution in [0.3, 0.4) is 0 Å². The van der Waals surface area contributed by atoms with Gasteiger partial charge in [-0.15, -0.1) is 10.2 Å². The van der Waals surface area contributed by atoms with Crippen molar-refractivity contribution in [1.29, 1.82) is 0 Å². The van der Waals surface area contributed by atoms with Gasteiger partial charge in [0.05, 0.1) is 0 Å². The summed E-state index contributed by atoms with van der Waals surface area (Å²) in [7, 11) is -1.79. The Bertz CT molecular complexity index is 1160. The van der Waals surface area contributed by atoms with Crippen LogP contribution in [0.4, 0.5) is 0 Å². The van der Waals surface area contributed by atoms with Crippen molar-refractivity contribution in [3.8, 4) is 11.4 Å². The minimum atomic E-state index is -1.79. The Morgan fingerprint density at radius 1 is 1.18 bits per heavy atom. The number of hydrogen-bond acceptors (Lipinski definition) is 4. The Morgan fingerprint density at radius 3 is 2.70 bits per heavy atom. The molecule has 5 rings (SSSR count). The van der Waals surface area contributed by atoms with Crippen LogP contribution in [0.1, 0.15) is 46.4 Å². The van der Waals surface area contributed by atoms with Crippen LogP contribution in [0.5, 0.6) is 0 Å². The average Bonchev–Trinajstić information content (AvgIpc) is 3.40. The second-order valence-electron chi connectivity index (χ2n) is 11.8. The van der Waals surface area contributed by atoms with Crippen LogP contribution in [-0.2, 0) is 23.9 Å². The predicted molar refractivity (Wildman–Crippen MR) is 141 cm³/mol. The lowest BCUT2D eigenvalue weighted by Crippen LogP contribution is -2.45. The Balaban J connectivity index is 1.41. The fourth-order valence-electron chi connectivity index (χ4n) is 4.47. The lowest BCUT2D eigenvalue weighted by Gasteiger charge is -2.39. The normalized spacial score (nSPS) is 21.9. The molecule has 33 heavy (non-hydrogen) atoms. The second-order valence-corrected chi connectivity index (χ2v) is 18.3. The van der Waals surface area contributed by atoms with Crippen molar-refractivity contribution < 1.29 is 4.43 Å². The van der Waals surface area contributed by atoms with Crippen molar-refractivity contribution in [3.63, 3.8) is 0 Å². The molecule has 1 aliphatic carbocycles. The molecule has 178 valence electrons. The van der Waals surface area contributed by atoms with Crippen molar-refractivity contribution in [2.24, 2.45) is 5.92 Å². The number of aromatic nitrogens is 4. The third-order valence-corrected chi connectivity index (χ3v) is 13.7. The zero-order valence-electron chi connectivity index (χ0n) is 21.0. The van der Waals surface area contributed by atoms with E-state index in [2.05, 4.69) is 80.4 Å². The van der Waals surface area contributed by atoms with Crippen LogP contribution in [0.15, 0.2) is 30.5 Å². The van der Waals surface area contributed by atoms with Gasteiger partial charge in [-0.2, -0.15) is 11.8 Å². The molecule has 0 saturated heterocycles. The van der Waals surface area contributed by atoms with Gasteiger partial charge >= 0.3 is 0 Å². The van der Waals surface area contributed by atoms with Gasteiger partial charge in [-0.3, -0.25) is 0 Å². The molecule has 3 heterocycles. The SMILES string of the molecule is CC1(CO[Si](C)(C)C(C)(C)C)Cc2nnc(-c3cccc4c3ccn4CC3CC3)n2CCS1. The fraction of sp³-hybridized carbons (Fsp3) is 0.615. The molecule has 2 aliphatic rings. The summed E-state index contributed by atoms with van der Waals surface area (Å²) in [6.45, 7) is 16.8. The first-order chi connectivity index (χ1) is 15.6. The topological polar surface area (TPSA) is 44.9 Å². The molecule has 0 spiro atoms. The molecule has 3 aromatic rings. The number of nitrogens with zero attached hydrogens (tertiary/aromatic N) is 4. The van der Waals surface area contributed by atoms with Crippen molar-refractivity contribution in [1.82, 2.24) is 19.3 Å². The Morgan fingerprint density at radius 2 is 1.97 bits per heavy atom. The molecule has 0 bridgehead atoms. The van der Waals surface area contributed by atoms with Gasteiger partial charge in [0.15, 0.2) is 14.1 Å². The van der Waals surface area contributed by atoms with Crippen LogP contribution in [0.25, 0.3) is 22.3 Å². The fourth-order valence-corrected chi connectivity index (χ4v) is 6.82. The molecular formula is C26H38N4OSSi. The molecule has 0 radical (unpaired) electrons. The minimum absolute atomic E-state index is 0.0215. The van der Waals surface area contributed by atoms with Crippen molar-refractivity contribution in [2.45, 2.75) is 82.9 Å². The largest absolute Gasteiger partial charge is 0.415 e. The Kier molecular flexibility index (Phi) is 5.81. The van der Waals surface area contributed by atoms with E-state index < -0.39 is 8.32 Å². The first-order valence-electron chi connectivity index (χ1n) is 12.3. The molecule has 1 saturated carbocycles. The van der Waals surface area contributed by atoms with E-state index >= 15 is 0 Å². The summed E-state index contributed by atoms with van der Waals surface area (Å²) in [6.07, 6.45) is 5.87. The Hall–Kier alpha value is -1.57. The molecule has 1 fully saturated rings. The van der Waals surface area contributed by atoms with E-state index in [1.165, 1.54) is 29.3 Å². The predicted octanol–water partition coefficient (Wildman–Crippen LogP) is 6.38. The number of hydrogen-bond donors (Lipinski definition) is 0. The molecule has 7 heteroatoms. The van der Waals surface area contributed by atoms with Gasteiger partial charge in [0.1, 0.15) is 5.82 Å². The van der Waals surface area contributed by atoms with E-state index in [0.717, 1.165) is 49.4 Å². The number of benzene rings is 1. The number of rotatable bonds is 6. The highest BCUT2D eigenvalue weighted by Crippen LogP contribution is 2.40. The quantitative estimate of drug-likeness (QED) is 0.382. The summed E-state index contributed by atoms with van der Waals surface area (Å²) in [6, 6.07) is 8.88. The van der Waals surface area contributed by atoms with Crippen LogP contribution in [-0.4, -0.2) is 44.8 Å². The first-order valence-corrected chi connectivity index (χ1v) is 16.2. The molecule has 1 aliphatic heterocycles.